The SMILES string of the molecule is O=C(Nc1nnc(-c2ccc(C(F)(F)F)cc2)o1)c1ccco1. The maximum absolute atomic E-state index is 12.5. The van der Waals surface area contributed by atoms with Gasteiger partial charge in [0.25, 0.3) is 5.91 Å². The van der Waals surface area contributed by atoms with Gasteiger partial charge in [-0.25, -0.2) is 0 Å². The zero-order chi connectivity index (χ0) is 16.4. The minimum atomic E-state index is -4.42. The quantitative estimate of drug-likeness (QED) is 0.796. The van der Waals surface area contributed by atoms with Crippen LogP contribution in [-0.2, 0) is 6.18 Å². The largest absolute Gasteiger partial charge is 0.459 e. The number of carbonyl (C=O) groups is 1. The molecule has 2 heterocycles. The van der Waals surface area contributed by atoms with Crippen LogP contribution in [0.2, 0.25) is 0 Å². The van der Waals surface area contributed by atoms with Crippen LogP contribution in [0.25, 0.3) is 11.5 Å². The van der Waals surface area contributed by atoms with E-state index in [0.29, 0.717) is 5.56 Å². The van der Waals surface area contributed by atoms with Crippen molar-refractivity contribution in [2.75, 3.05) is 5.32 Å². The van der Waals surface area contributed by atoms with E-state index in [1.54, 1.807) is 0 Å². The molecule has 0 bridgehead atoms. The van der Waals surface area contributed by atoms with Gasteiger partial charge in [0.05, 0.1) is 11.8 Å². The summed E-state index contributed by atoms with van der Waals surface area (Å²) in [5.41, 5.74) is -0.490. The van der Waals surface area contributed by atoms with E-state index < -0.39 is 17.6 Å². The van der Waals surface area contributed by atoms with Gasteiger partial charge in [0.2, 0.25) is 5.89 Å². The zero-order valence-corrected chi connectivity index (χ0v) is 11.3. The molecule has 118 valence electrons. The fourth-order valence-electron chi connectivity index (χ4n) is 1.76. The summed E-state index contributed by atoms with van der Waals surface area (Å²) in [7, 11) is 0. The van der Waals surface area contributed by atoms with Crippen molar-refractivity contribution < 1.29 is 26.8 Å². The van der Waals surface area contributed by atoms with Gasteiger partial charge < -0.3 is 8.83 Å². The first-order valence-corrected chi connectivity index (χ1v) is 6.29. The Morgan fingerprint density at radius 3 is 2.43 bits per heavy atom. The van der Waals surface area contributed by atoms with Crippen LogP contribution in [0, 0.1) is 0 Å². The number of nitrogens with one attached hydrogen (secondary N) is 1. The fraction of sp³-hybridized carbons (Fsp3) is 0.0714. The molecule has 0 aliphatic rings. The number of amides is 1. The molecule has 0 unspecified atom stereocenters. The molecule has 1 N–H and O–H groups in total. The number of nitrogens with zero attached hydrogens (tertiary/aromatic N) is 2. The molecular weight excluding hydrogens is 315 g/mol. The Labute approximate surface area is 126 Å². The van der Waals surface area contributed by atoms with Crippen molar-refractivity contribution in [3.8, 4) is 11.5 Å². The van der Waals surface area contributed by atoms with Crippen LogP contribution in [0.1, 0.15) is 16.1 Å². The zero-order valence-electron chi connectivity index (χ0n) is 11.3. The number of halogens is 3. The highest BCUT2D eigenvalue weighted by Crippen LogP contribution is 2.30. The van der Waals surface area contributed by atoms with Gasteiger partial charge in [0, 0.05) is 5.56 Å². The molecule has 0 atom stereocenters. The molecule has 0 aliphatic carbocycles. The summed E-state index contributed by atoms with van der Waals surface area (Å²) in [6, 6.07) is 7.00. The summed E-state index contributed by atoms with van der Waals surface area (Å²) in [6.07, 6.45) is -3.09. The number of carbonyl (C=O) groups excluding carboxylic acids is 1. The Hall–Kier alpha value is -3.10. The van der Waals surface area contributed by atoms with E-state index in [1.807, 2.05) is 0 Å². The maximum Gasteiger partial charge on any atom is 0.416 e. The predicted molar refractivity (Wildman–Crippen MR) is 71.4 cm³/mol. The number of alkyl halides is 3. The molecule has 3 rings (SSSR count). The smallest absolute Gasteiger partial charge is 0.416 e. The average molecular weight is 323 g/mol. The van der Waals surface area contributed by atoms with Crippen molar-refractivity contribution in [1.82, 2.24) is 10.2 Å². The Morgan fingerprint density at radius 1 is 1.09 bits per heavy atom. The van der Waals surface area contributed by atoms with Crippen molar-refractivity contribution in [1.29, 1.82) is 0 Å². The number of anilines is 1. The van der Waals surface area contributed by atoms with Crippen molar-refractivity contribution in [2.45, 2.75) is 6.18 Å². The van der Waals surface area contributed by atoms with Crippen LogP contribution in [0.5, 0.6) is 0 Å². The van der Waals surface area contributed by atoms with Crippen LogP contribution < -0.4 is 5.32 Å². The van der Waals surface area contributed by atoms with Crippen LogP contribution in [0.15, 0.2) is 51.5 Å². The third-order valence-electron chi connectivity index (χ3n) is 2.85. The minimum Gasteiger partial charge on any atom is -0.459 e. The van der Waals surface area contributed by atoms with Gasteiger partial charge in [-0.1, -0.05) is 5.10 Å². The van der Waals surface area contributed by atoms with Crippen LogP contribution in [0.3, 0.4) is 0 Å². The molecule has 0 aliphatic heterocycles. The van der Waals surface area contributed by atoms with Gasteiger partial charge in [-0.3, -0.25) is 10.1 Å². The predicted octanol–water partition coefficient (Wildman–Crippen LogP) is 3.60. The number of hydrogen-bond donors (Lipinski definition) is 1. The first-order chi connectivity index (χ1) is 10.9. The lowest BCUT2D eigenvalue weighted by atomic mass is 10.1. The fourth-order valence-corrected chi connectivity index (χ4v) is 1.76. The van der Waals surface area contributed by atoms with Crippen LogP contribution in [0.4, 0.5) is 19.2 Å². The second kappa shape index (κ2) is 5.59. The minimum absolute atomic E-state index is 0.0199. The summed E-state index contributed by atoms with van der Waals surface area (Å²) in [6.45, 7) is 0. The summed E-state index contributed by atoms with van der Waals surface area (Å²) in [5, 5.41) is 9.59. The van der Waals surface area contributed by atoms with Crippen molar-refractivity contribution in [3.63, 3.8) is 0 Å². The van der Waals surface area contributed by atoms with Gasteiger partial charge >= 0.3 is 12.2 Å². The van der Waals surface area contributed by atoms with E-state index in [9.17, 15) is 18.0 Å². The third-order valence-corrected chi connectivity index (χ3v) is 2.85. The van der Waals surface area contributed by atoms with E-state index in [1.165, 1.54) is 30.5 Å². The Kier molecular flexibility index (Phi) is 3.61. The summed E-state index contributed by atoms with van der Waals surface area (Å²) in [4.78, 5) is 11.7. The first-order valence-electron chi connectivity index (χ1n) is 6.29. The second-order valence-electron chi connectivity index (χ2n) is 4.42. The number of aromatic nitrogens is 2. The number of benzene rings is 1. The number of furan rings is 1. The Morgan fingerprint density at radius 2 is 1.83 bits per heavy atom. The lowest BCUT2D eigenvalue weighted by molar-refractivity contribution is -0.137. The average Bonchev–Trinajstić information content (AvgIpc) is 3.18. The lowest BCUT2D eigenvalue weighted by Crippen LogP contribution is -2.10. The van der Waals surface area contributed by atoms with Gasteiger partial charge in [0.15, 0.2) is 5.76 Å². The molecular formula is C14H8F3N3O3. The molecule has 23 heavy (non-hydrogen) atoms. The molecule has 1 aromatic carbocycles. The standard InChI is InChI=1S/C14H8F3N3O3/c15-14(16,17)9-5-3-8(4-6-9)12-19-20-13(23-12)18-11(21)10-2-1-7-22-10/h1-7H,(H,18,20,21). The second-order valence-corrected chi connectivity index (χ2v) is 4.42. The van der Waals surface area contributed by atoms with Crippen molar-refractivity contribution in [2.24, 2.45) is 0 Å². The molecule has 0 spiro atoms. The Balaban J connectivity index is 1.75. The molecule has 9 heteroatoms. The van der Waals surface area contributed by atoms with Crippen LogP contribution in [-0.4, -0.2) is 16.1 Å². The molecule has 1 amide bonds. The van der Waals surface area contributed by atoms with E-state index in [4.69, 9.17) is 8.83 Å². The van der Waals surface area contributed by atoms with Crippen molar-refractivity contribution >= 4 is 11.9 Å². The summed E-state index contributed by atoms with van der Waals surface area (Å²) >= 11 is 0. The van der Waals surface area contributed by atoms with Gasteiger partial charge in [0.1, 0.15) is 0 Å². The summed E-state index contributed by atoms with van der Waals surface area (Å²) in [5.74, 6) is -0.551. The van der Waals surface area contributed by atoms with Gasteiger partial charge in [-0.15, -0.1) is 5.10 Å². The highest BCUT2D eigenvalue weighted by Gasteiger charge is 2.30. The normalized spacial score (nSPS) is 11.4. The molecule has 0 radical (unpaired) electrons. The number of rotatable bonds is 3. The highest BCUT2D eigenvalue weighted by molar-refractivity contribution is 6.00. The first kappa shape index (κ1) is 14.8. The molecule has 0 saturated carbocycles. The molecule has 6 nitrogen and oxygen atoms in total. The van der Waals surface area contributed by atoms with Crippen LogP contribution >= 0.6 is 0 Å². The maximum atomic E-state index is 12.5. The summed E-state index contributed by atoms with van der Waals surface area (Å²) < 4.78 is 47.6. The third kappa shape index (κ3) is 3.23. The van der Waals surface area contributed by atoms with E-state index in [0.717, 1.165) is 12.1 Å². The van der Waals surface area contributed by atoms with E-state index in [-0.39, 0.29) is 17.7 Å². The highest BCUT2D eigenvalue weighted by atomic mass is 19.4. The van der Waals surface area contributed by atoms with Gasteiger partial charge in [-0.2, -0.15) is 13.2 Å². The Bertz CT molecular complexity index is 808. The monoisotopic (exact) mass is 323 g/mol. The van der Waals surface area contributed by atoms with E-state index >= 15 is 0 Å². The number of hydrogen-bond acceptors (Lipinski definition) is 5. The van der Waals surface area contributed by atoms with Gasteiger partial charge in [-0.05, 0) is 36.4 Å². The topological polar surface area (TPSA) is 81.2 Å². The molecule has 0 saturated heterocycles. The van der Waals surface area contributed by atoms with Crippen molar-refractivity contribution in [3.05, 3.63) is 54.0 Å². The molecule has 2 aromatic heterocycles. The lowest BCUT2D eigenvalue weighted by Gasteiger charge is -2.05. The van der Waals surface area contributed by atoms with E-state index in [2.05, 4.69) is 15.5 Å². The molecule has 0 fully saturated rings. The molecule has 3 aromatic rings.